The number of carboxylic acid groups (broad SMARTS) is 1. The first kappa shape index (κ1) is 11.1. The maximum absolute atomic E-state index is 12.3. The van der Waals surface area contributed by atoms with Crippen LogP contribution in [0.2, 0.25) is 0 Å². The lowest BCUT2D eigenvalue weighted by molar-refractivity contribution is -0.141. The molecule has 3 unspecified atom stereocenters. The van der Waals surface area contributed by atoms with Crippen LogP contribution in [0, 0.1) is 17.8 Å². The summed E-state index contributed by atoms with van der Waals surface area (Å²) in [5.41, 5.74) is 0. The number of carbonyl (C=O) groups is 2. The Balaban J connectivity index is 1.61. The zero-order valence-electron chi connectivity index (χ0n) is 9.97. The Morgan fingerprint density at radius 3 is 2.53 bits per heavy atom. The topological polar surface area (TPSA) is 57.6 Å². The second-order valence-corrected chi connectivity index (χ2v) is 5.85. The Bertz CT molecular complexity index is 345. The molecule has 0 radical (unpaired) electrons. The molecule has 1 heterocycles. The largest absolute Gasteiger partial charge is 0.481 e. The van der Waals surface area contributed by atoms with E-state index < -0.39 is 5.97 Å². The lowest BCUT2D eigenvalue weighted by Crippen LogP contribution is -2.40. The monoisotopic (exact) mass is 237 g/mol. The van der Waals surface area contributed by atoms with Gasteiger partial charge in [-0.15, -0.1) is 0 Å². The highest BCUT2D eigenvalue weighted by molar-refractivity contribution is 5.81. The van der Waals surface area contributed by atoms with E-state index in [9.17, 15) is 9.59 Å². The van der Waals surface area contributed by atoms with Crippen LogP contribution in [0.3, 0.4) is 0 Å². The number of amides is 1. The Morgan fingerprint density at radius 1 is 1.18 bits per heavy atom. The van der Waals surface area contributed by atoms with Gasteiger partial charge in [0.05, 0.1) is 6.42 Å². The van der Waals surface area contributed by atoms with E-state index in [0.29, 0.717) is 0 Å². The van der Waals surface area contributed by atoms with Gasteiger partial charge in [0.1, 0.15) is 0 Å². The summed E-state index contributed by atoms with van der Waals surface area (Å²) in [5, 5.41) is 8.85. The number of hydrogen-bond acceptors (Lipinski definition) is 2. The SMILES string of the molecule is O=C(O)CC1CCCN1C(=O)C1CC2CC2C1. The molecule has 3 atom stereocenters. The first-order valence-corrected chi connectivity index (χ1v) is 6.67. The molecule has 3 rings (SSSR count). The van der Waals surface area contributed by atoms with Crippen molar-refractivity contribution in [2.45, 2.75) is 44.6 Å². The van der Waals surface area contributed by atoms with Crippen molar-refractivity contribution in [3.05, 3.63) is 0 Å². The van der Waals surface area contributed by atoms with Gasteiger partial charge in [0.25, 0.3) is 0 Å². The molecule has 0 aromatic rings. The van der Waals surface area contributed by atoms with E-state index in [1.54, 1.807) is 0 Å². The molecular weight excluding hydrogens is 218 g/mol. The molecule has 0 spiro atoms. The van der Waals surface area contributed by atoms with E-state index in [1.807, 2.05) is 4.90 Å². The van der Waals surface area contributed by atoms with Gasteiger partial charge >= 0.3 is 5.97 Å². The van der Waals surface area contributed by atoms with E-state index >= 15 is 0 Å². The minimum absolute atomic E-state index is 0.0445. The number of carboxylic acids is 1. The molecule has 94 valence electrons. The molecule has 1 saturated heterocycles. The molecule has 4 heteroatoms. The second-order valence-electron chi connectivity index (χ2n) is 5.85. The molecule has 1 aliphatic heterocycles. The standard InChI is InChI=1S/C13H19NO3/c15-12(16)7-11-2-1-3-14(11)13(17)10-5-8-4-9(8)6-10/h8-11H,1-7H2,(H,15,16). The van der Waals surface area contributed by atoms with Gasteiger partial charge in [0.2, 0.25) is 5.91 Å². The highest BCUT2D eigenvalue weighted by atomic mass is 16.4. The maximum atomic E-state index is 12.3. The van der Waals surface area contributed by atoms with E-state index in [1.165, 1.54) is 6.42 Å². The summed E-state index contributed by atoms with van der Waals surface area (Å²) in [7, 11) is 0. The van der Waals surface area contributed by atoms with Crippen molar-refractivity contribution in [2.75, 3.05) is 6.54 Å². The molecule has 1 amide bonds. The number of hydrogen-bond donors (Lipinski definition) is 1. The van der Waals surface area contributed by atoms with Crippen LogP contribution in [0.4, 0.5) is 0 Å². The fourth-order valence-corrected chi connectivity index (χ4v) is 3.69. The predicted octanol–water partition coefficient (Wildman–Crippen LogP) is 1.50. The van der Waals surface area contributed by atoms with Gasteiger partial charge in [-0.3, -0.25) is 9.59 Å². The summed E-state index contributed by atoms with van der Waals surface area (Å²) in [6.45, 7) is 0.766. The van der Waals surface area contributed by atoms with Gasteiger partial charge in [-0.2, -0.15) is 0 Å². The zero-order valence-corrected chi connectivity index (χ0v) is 9.97. The highest BCUT2D eigenvalue weighted by Crippen LogP contribution is 2.54. The van der Waals surface area contributed by atoms with Crippen LogP contribution in [0.15, 0.2) is 0 Å². The molecular formula is C13H19NO3. The molecule has 2 saturated carbocycles. The van der Waals surface area contributed by atoms with Crippen molar-refractivity contribution in [2.24, 2.45) is 17.8 Å². The van der Waals surface area contributed by atoms with Crippen LogP contribution in [0.1, 0.15) is 38.5 Å². The summed E-state index contributed by atoms with van der Waals surface area (Å²) in [6.07, 6.45) is 5.37. The number of aliphatic carboxylic acids is 1. The quantitative estimate of drug-likeness (QED) is 0.809. The fraction of sp³-hybridized carbons (Fsp3) is 0.846. The summed E-state index contributed by atoms with van der Waals surface area (Å²) in [6, 6.07) is -0.0445. The lowest BCUT2D eigenvalue weighted by Gasteiger charge is -2.27. The van der Waals surface area contributed by atoms with Crippen molar-refractivity contribution in [1.29, 1.82) is 0 Å². The first-order chi connectivity index (χ1) is 8.15. The van der Waals surface area contributed by atoms with Crippen molar-refractivity contribution in [1.82, 2.24) is 4.90 Å². The van der Waals surface area contributed by atoms with Crippen LogP contribution >= 0.6 is 0 Å². The van der Waals surface area contributed by atoms with Crippen LogP contribution in [-0.2, 0) is 9.59 Å². The third kappa shape index (κ3) is 2.05. The molecule has 4 nitrogen and oxygen atoms in total. The Kier molecular flexibility index (Phi) is 2.60. The maximum Gasteiger partial charge on any atom is 0.305 e. The van der Waals surface area contributed by atoms with E-state index in [4.69, 9.17) is 5.11 Å². The Labute approximate surface area is 101 Å². The van der Waals surface area contributed by atoms with Gasteiger partial charge in [0.15, 0.2) is 0 Å². The van der Waals surface area contributed by atoms with Crippen molar-refractivity contribution in [3.8, 4) is 0 Å². The lowest BCUT2D eigenvalue weighted by atomic mass is 10.0. The Hall–Kier alpha value is -1.06. The molecule has 3 fully saturated rings. The minimum atomic E-state index is -0.788. The second kappa shape index (κ2) is 4.00. The third-order valence-electron chi connectivity index (χ3n) is 4.66. The summed E-state index contributed by atoms with van der Waals surface area (Å²) >= 11 is 0. The third-order valence-corrected chi connectivity index (χ3v) is 4.66. The fourth-order valence-electron chi connectivity index (χ4n) is 3.69. The zero-order chi connectivity index (χ0) is 12.0. The van der Waals surface area contributed by atoms with Crippen LogP contribution in [0.25, 0.3) is 0 Å². The van der Waals surface area contributed by atoms with Crippen LogP contribution in [-0.4, -0.2) is 34.5 Å². The van der Waals surface area contributed by atoms with E-state index in [0.717, 1.165) is 44.1 Å². The highest BCUT2D eigenvalue weighted by Gasteiger charge is 2.49. The summed E-state index contributed by atoms with van der Waals surface area (Å²) in [4.78, 5) is 25.0. The average Bonchev–Trinajstić information content (AvgIpc) is 2.73. The molecule has 2 aliphatic carbocycles. The molecule has 0 aromatic carbocycles. The van der Waals surface area contributed by atoms with Gasteiger partial charge in [0, 0.05) is 18.5 Å². The normalized spacial score (nSPS) is 39.2. The summed E-state index contributed by atoms with van der Waals surface area (Å²) in [5.74, 6) is 1.27. The van der Waals surface area contributed by atoms with Gasteiger partial charge < -0.3 is 10.0 Å². The smallest absolute Gasteiger partial charge is 0.305 e. The molecule has 1 N–H and O–H groups in total. The number of nitrogens with zero attached hydrogens (tertiary/aromatic N) is 1. The van der Waals surface area contributed by atoms with Crippen molar-refractivity contribution >= 4 is 11.9 Å². The average molecular weight is 237 g/mol. The van der Waals surface area contributed by atoms with Gasteiger partial charge in [-0.25, -0.2) is 0 Å². The van der Waals surface area contributed by atoms with Crippen molar-refractivity contribution in [3.63, 3.8) is 0 Å². The number of likely N-dealkylation sites (tertiary alicyclic amines) is 1. The molecule has 0 aromatic heterocycles. The van der Waals surface area contributed by atoms with Crippen LogP contribution in [0.5, 0.6) is 0 Å². The van der Waals surface area contributed by atoms with E-state index in [-0.39, 0.29) is 24.3 Å². The molecule has 3 aliphatic rings. The number of rotatable bonds is 3. The minimum Gasteiger partial charge on any atom is -0.481 e. The summed E-state index contributed by atoms with van der Waals surface area (Å²) < 4.78 is 0. The molecule has 0 bridgehead atoms. The predicted molar refractivity (Wildman–Crippen MR) is 61.3 cm³/mol. The number of fused-ring (bicyclic) bond motifs is 1. The van der Waals surface area contributed by atoms with Crippen LogP contribution < -0.4 is 0 Å². The van der Waals surface area contributed by atoms with Crippen molar-refractivity contribution < 1.29 is 14.7 Å². The van der Waals surface area contributed by atoms with E-state index in [2.05, 4.69) is 0 Å². The Morgan fingerprint density at radius 2 is 1.88 bits per heavy atom. The van der Waals surface area contributed by atoms with Gasteiger partial charge in [-0.1, -0.05) is 0 Å². The molecule has 17 heavy (non-hydrogen) atoms. The first-order valence-electron chi connectivity index (χ1n) is 6.67. The van der Waals surface area contributed by atoms with Gasteiger partial charge in [-0.05, 0) is 43.9 Å². The number of carbonyl (C=O) groups excluding carboxylic acids is 1.